The molecule has 2 aromatic heterocycles. The molecule has 128 valence electrons. The maximum Gasteiger partial charge on any atom is 0.245 e. The van der Waals surface area contributed by atoms with Crippen molar-refractivity contribution < 1.29 is 4.52 Å². The van der Waals surface area contributed by atoms with Crippen LogP contribution in [0.5, 0.6) is 0 Å². The van der Waals surface area contributed by atoms with E-state index in [0.717, 1.165) is 42.2 Å². The van der Waals surface area contributed by atoms with Crippen molar-refractivity contribution in [2.75, 3.05) is 31.6 Å². The molecule has 1 atom stereocenters. The minimum atomic E-state index is 0.0856. The van der Waals surface area contributed by atoms with Crippen LogP contribution in [0.4, 0.5) is 5.82 Å². The fraction of sp³-hybridized carbons (Fsp3) is 0.444. The summed E-state index contributed by atoms with van der Waals surface area (Å²) in [5, 5.41) is 5.26. The predicted molar refractivity (Wildman–Crippen MR) is 93.4 cm³/mol. The molecule has 1 aromatic carbocycles. The van der Waals surface area contributed by atoms with E-state index in [0.29, 0.717) is 11.8 Å². The van der Waals surface area contributed by atoms with E-state index in [9.17, 15) is 0 Å². The van der Waals surface area contributed by atoms with Crippen molar-refractivity contribution in [3.05, 3.63) is 42.3 Å². The Labute approximate surface area is 145 Å². The quantitative estimate of drug-likeness (QED) is 0.727. The number of hydrogen-bond acceptors (Lipinski definition) is 7. The van der Waals surface area contributed by atoms with Crippen molar-refractivity contribution in [3.63, 3.8) is 0 Å². The van der Waals surface area contributed by atoms with Crippen LogP contribution in [0, 0.1) is 0 Å². The van der Waals surface area contributed by atoms with Crippen LogP contribution in [0.25, 0.3) is 10.9 Å². The second-order valence-corrected chi connectivity index (χ2v) is 6.92. The van der Waals surface area contributed by atoms with Gasteiger partial charge in [0.15, 0.2) is 5.82 Å². The van der Waals surface area contributed by atoms with Crippen molar-refractivity contribution in [2.24, 2.45) is 0 Å². The highest BCUT2D eigenvalue weighted by atomic mass is 16.5. The number of rotatable bonds is 3. The van der Waals surface area contributed by atoms with Gasteiger partial charge in [0, 0.05) is 30.9 Å². The summed E-state index contributed by atoms with van der Waals surface area (Å²) < 4.78 is 5.59. The Bertz CT molecular complexity index is 900. The number of aromatic nitrogens is 4. The van der Waals surface area contributed by atoms with Gasteiger partial charge in [-0.1, -0.05) is 17.3 Å². The normalized spacial score (nSPS) is 21.8. The zero-order chi connectivity index (χ0) is 16.8. The molecule has 1 saturated carbocycles. The Kier molecular flexibility index (Phi) is 3.41. The second-order valence-electron chi connectivity index (χ2n) is 6.92. The fourth-order valence-electron chi connectivity index (χ4n) is 3.47. The third-order valence-electron chi connectivity index (χ3n) is 5.15. The Morgan fingerprint density at radius 3 is 2.88 bits per heavy atom. The van der Waals surface area contributed by atoms with E-state index in [1.807, 2.05) is 18.2 Å². The maximum atomic E-state index is 5.59. The molecule has 2 fully saturated rings. The van der Waals surface area contributed by atoms with Crippen LogP contribution in [0.3, 0.4) is 0 Å². The van der Waals surface area contributed by atoms with Crippen molar-refractivity contribution >= 4 is 16.7 Å². The lowest BCUT2D eigenvalue weighted by Crippen LogP contribution is -2.47. The van der Waals surface area contributed by atoms with Crippen LogP contribution in [-0.2, 0) is 0 Å². The van der Waals surface area contributed by atoms with Crippen molar-refractivity contribution in [3.8, 4) is 0 Å². The van der Waals surface area contributed by atoms with E-state index in [-0.39, 0.29) is 6.04 Å². The van der Waals surface area contributed by atoms with E-state index >= 15 is 0 Å². The topological polar surface area (TPSA) is 71.2 Å². The number of piperazine rings is 1. The van der Waals surface area contributed by atoms with E-state index in [1.165, 1.54) is 12.8 Å². The number of para-hydroxylation sites is 1. The molecule has 0 N–H and O–H groups in total. The summed E-state index contributed by atoms with van der Waals surface area (Å²) in [4.78, 5) is 18.2. The summed E-state index contributed by atoms with van der Waals surface area (Å²) in [7, 11) is 2.11. The summed E-state index contributed by atoms with van der Waals surface area (Å²) in [5.74, 6) is 3.07. The molecule has 0 amide bonds. The van der Waals surface area contributed by atoms with Crippen LogP contribution < -0.4 is 4.90 Å². The van der Waals surface area contributed by atoms with Crippen LogP contribution in [0.15, 0.2) is 35.1 Å². The number of fused-ring (bicyclic) bond motifs is 1. The molecule has 0 radical (unpaired) electrons. The van der Waals surface area contributed by atoms with Gasteiger partial charge in [-0.15, -0.1) is 0 Å². The molecular formula is C18H20N6O. The minimum Gasteiger partial charge on any atom is -0.353 e. The van der Waals surface area contributed by atoms with Gasteiger partial charge in [-0.2, -0.15) is 4.98 Å². The maximum absolute atomic E-state index is 5.59. The Balaban J connectivity index is 1.46. The molecule has 0 spiro atoms. The van der Waals surface area contributed by atoms with Gasteiger partial charge in [-0.25, -0.2) is 9.97 Å². The molecule has 7 heteroatoms. The highest BCUT2D eigenvalue weighted by molar-refractivity contribution is 5.89. The Morgan fingerprint density at radius 2 is 2.00 bits per heavy atom. The summed E-state index contributed by atoms with van der Waals surface area (Å²) in [6.07, 6.45) is 4.00. The van der Waals surface area contributed by atoms with Crippen LogP contribution in [0.2, 0.25) is 0 Å². The minimum absolute atomic E-state index is 0.0856. The second kappa shape index (κ2) is 5.77. The molecular weight excluding hydrogens is 316 g/mol. The largest absolute Gasteiger partial charge is 0.353 e. The first-order valence-electron chi connectivity index (χ1n) is 8.78. The third kappa shape index (κ3) is 2.64. The smallest absolute Gasteiger partial charge is 0.245 e. The fourth-order valence-corrected chi connectivity index (χ4v) is 3.47. The van der Waals surface area contributed by atoms with Gasteiger partial charge in [0.1, 0.15) is 18.2 Å². The first-order chi connectivity index (χ1) is 12.3. The Hall–Kier alpha value is -2.54. The molecule has 25 heavy (non-hydrogen) atoms. The summed E-state index contributed by atoms with van der Waals surface area (Å²) in [6.45, 7) is 2.62. The molecule has 1 unspecified atom stereocenters. The lowest BCUT2D eigenvalue weighted by Gasteiger charge is -2.38. The van der Waals surface area contributed by atoms with Gasteiger partial charge >= 0.3 is 0 Å². The molecule has 1 saturated heterocycles. The average Bonchev–Trinajstić information content (AvgIpc) is 3.39. The van der Waals surface area contributed by atoms with Crippen LogP contribution in [-0.4, -0.2) is 51.7 Å². The first-order valence-corrected chi connectivity index (χ1v) is 8.78. The molecule has 1 aliphatic heterocycles. The molecule has 1 aliphatic carbocycles. The predicted octanol–water partition coefficient (Wildman–Crippen LogP) is 2.38. The highest BCUT2D eigenvalue weighted by Gasteiger charge is 2.34. The van der Waals surface area contributed by atoms with E-state index in [1.54, 1.807) is 6.33 Å². The standard InChI is InChI=1S/C18H20N6O/c1-23-8-9-24(17-13-4-2-3-5-14(13)19-11-20-17)10-15(23)18-21-16(22-25-18)12-6-7-12/h2-5,11-12,15H,6-10H2,1H3. The summed E-state index contributed by atoms with van der Waals surface area (Å²) >= 11 is 0. The lowest BCUT2D eigenvalue weighted by atomic mass is 10.1. The van der Waals surface area contributed by atoms with E-state index in [2.05, 4.69) is 43.0 Å². The molecule has 7 nitrogen and oxygen atoms in total. The lowest BCUT2D eigenvalue weighted by molar-refractivity contribution is 0.177. The van der Waals surface area contributed by atoms with Crippen molar-refractivity contribution in [1.29, 1.82) is 0 Å². The highest BCUT2D eigenvalue weighted by Crippen LogP contribution is 2.39. The van der Waals surface area contributed by atoms with Gasteiger partial charge in [0.05, 0.1) is 5.52 Å². The number of benzene rings is 1. The molecule has 5 rings (SSSR count). The third-order valence-corrected chi connectivity index (χ3v) is 5.15. The first kappa shape index (κ1) is 14.8. The summed E-state index contributed by atoms with van der Waals surface area (Å²) in [6, 6.07) is 8.22. The van der Waals surface area contributed by atoms with Gasteiger partial charge < -0.3 is 9.42 Å². The number of nitrogens with zero attached hydrogens (tertiary/aromatic N) is 6. The van der Waals surface area contributed by atoms with Gasteiger partial charge in [0.2, 0.25) is 5.89 Å². The van der Waals surface area contributed by atoms with Gasteiger partial charge in [-0.05, 0) is 32.0 Å². The van der Waals surface area contributed by atoms with Crippen molar-refractivity contribution in [1.82, 2.24) is 25.0 Å². The molecule has 3 aromatic rings. The van der Waals surface area contributed by atoms with Crippen molar-refractivity contribution in [2.45, 2.75) is 24.8 Å². The zero-order valence-electron chi connectivity index (χ0n) is 14.2. The van der Waals surface area contributed by atoms with E-state index < -0.39 is 0 Å². The average molecular weight is 336 g/mol. The molecule has 2 aliphatic rings. The Morgan fingerprint density at radius 1 is 1.12 bits per heavy atom. The SMILES string of the molecule is CN1CCN(c2ncnc3ccccc23)CC1c1nc(C2CC2)no1. The number of anilines is 1. The van der Waals surface area contributed by atoms with Gasteiger partial charge in [-0.3, -0.25) is 4.90 Å². The molecule has 0 bridgehead atoms. The summed E-state index contributed by atoms with van der Waals surface area (Å²) in [5.41, 5.74) is 0.969. The number of hydrogen-bond donors (Lipinski definition) is 0. The van der Waals surface area contributed by atoms with E-state index in [4.69, 9.17) is 4.52 Å². The number of likely N-dealkylation sites (N-methyl/N-ethyl adjacent to an activating group) is 1. The van der Waals surface area contributed by atoms with Crippen LogP contribution >= 0.6 is 0 Å². The van der Waals surface area contributed by atoms with Gasteiger partial charge in [0.25, 0.3) is 0 Å². The zero-order valence-corrected chi connectivity index (χ0v) is 14.2. The van der Waals surface area contributed by atoms with Crippen LogP contribution in [0.1, 0.15) is 36.5 Å². The molecule has 3 heterocycles. The monoisotopic (exact) mass is 336 g/mol.